The monoisotopic (exact) mass is 283 g/mol. The quantitative estimate of drug-likeness (QED) is 0.905. The molecule has 0 bridgehead atoms. The van der Waals surface area contributed by atoms with Crippen LogP contribution in [0.5, 0.6) is 0 Å². The lowest BCUT2D eigenvalue weighted by atomic mass is 9.99. The molecule has 0 spiro atoms. The summed E-state index contributed by atoms with van der Waals surface area (Å²) in [5, 5.41) is 3.59. The molecule has 88 valence electrons. The van der Waals surface area contributed by atoms with Crippen LogP contribution in [0.1, 0.15) is 19.8 Å². The highest BCUT2D eigenvalue weighted by atomic mass is 79.9. The van der Waals surface area contributed by atoms with Gasteiger partial charge < -0.3 is 10.2 Å². The first-order valence-corrected chi connectivity index (χ1v) is 6.52. The van der Waals surface area contributed by atoms with Gasteiger partial charge in [-0.2, -0.15) is 0 Å². The maximum Gasteiger partial charge on any atom is 0.0590 e. The van der Waals surface area contributed by atoms with E-state index in [0.717, 1.165) is 10.2 Å². The molecule has 3 nitrogen and oxygen atoms in total. The van der Waals surface area contributed by atoms with Gasteiger partial charge in [0.2, 0.25) is 0 Å². The van der Waals surface area contributed by atoms with Gasteiger partial charge in [0, 0.05) is 31.0 Å². The number of rotatable bonds is 2. The van der Waals surface area contributed by atoms with Crippen molar-refractivity contribution in [2.24, 2.45) is 0 Å². The molecule has 0 aromatic carbocycles. The number of likely N-dealkylation sites (tertiary alicyclic amines) is 1. The van der Waals surface area contributed by atoms with Gasteiger partial charge in [-0.1, -0.05) is 0 Å². The minimum atomic E-state index is 0.574. The standard InChI is InChI=1S/C12H18BrN3/c1-9-7-10(4-6-16(9)2)15-12-3-5-14-8-11(12)13/h3,5,8-10H,4,6-7H2,1-2H3,(H,14,15). The second kappa shape index (κ2) is 5.15. The Kier molecular flexibility index (Phi) is 3.82. The highest BCUT2D eigenvalue weighted by Gasteiger charge is 2.22. The number of nitrogens with zero attached hydrogens (tertiary/aromatic N) is 2. The minimum absolute atomic E-state index is 0.574. The summed E-state index contributed by atoms with van der Waals surface area (Å²) in [6.45, 7) is 3.46. The Hall–Kier alpha value is -0.610. The Morgan fingerprint density at radius 2 is 2.38 bits per heavy atom. The fourth-order valence-electron chi connectivity index (χ4n) is 2.13. The van der Waals surface area contributed by atoms with E-state index in [-0.39, 0.29) is 0 Å². The van der Waals surface area contributed by atoms with Crippen LogP contribution in [0, 0.1) is 0 Å². The number of nitrogens with one attached hydrogen (secondary N) is 1. The van der Waals surface area contributed by atoms with E-state index in [1.165, 1.54) is 19.4 Å². The summed E-state index contributed by atoms with van der Waals surface area (Å²) in [6, 6.07) is 3.25. The van der Waals surface area contributed by atoms with Crippen molar-refractivity contribution in [2.45, 2.75) is 31.8 Å². The molecule has 4 heteroatoms. The number of piperidine rings is 1. The molecule has 0 amide bonds. The molecule has 1 saturated heterocycles. The Bertz CT molecular complexity index is 356. The van der Waals surface area contributed by atoms with Crippen LogP contribution >= 0.6 is 15.9 Å². The fraction of sp³-hybridized carbons (Fsp3) is 0.583. The van der Waals surface area contributed by atoms with E-state index in [9.17, 15) is 0 Å². The molecule has 2 atom stereocenters. The van der Waals surface area contributed by atoms with E-state index in [1.807, 2.05) is 18.5 Å². The number of pyridine rings is 1. The van der Waals surface area contributed by atoms with Crippen LogP contribution in [0.25, 0.3) is 0 Å². The second-order valence-electron chi connectivity index (χ2n) is 4.55. The maximum atomic E-state index is 4.07. The largest absolute Gasteiger partial charge is 0.381 e. The maximum absolute atomic E-state index is 4.07. The van der Waals surface area contributed by atoms with Crippen molar-refractivity contribution in [3.05, 3.63) is 22.9 Å². The van der Waals surface area contributed by atoms with Crippen LogP contribution in [0.4, 0.5) is 5.69 Å². The summed E-state index contributed by atoms with van der Waals surface area (Å²) in [5.74, 6) is 0. The van der Waals surface area contributed by atoms with E-state index in [4.69, 9.17) is 0 Å². The summed E-state index contributed by atoms with van der Waals surface area (Å²) in [4.78, 5) is 6.49. The van der Waals surface area contributed by atoms with Gasteiger partial charge in [-0.25, -0.2) is 0 Å². The Balaban J connectivity index is 1.98. The summed E-state index contributed by atoms with van der Waals surface area (Å²) >= 11 is 3.51. The van der Waals surface area contributed by atoms with Gasteiger partial charge in [0.15, 0.2) is 0 Å². The van der Waals surface area contributed by atoms with Crippen molar-refractivity contribution < 1.29 is 0 Å². The number of anilines is 1. The van der Waals surface area contributed by atoms with Crippen LogP contribution in [-0.2, 0) is 0 Å². The van der Waals surface area contributed by atoms with E-state index in [0.29, 0.717) is 12.1 Å². The molecule has 2 unspecified atom stereocenters. The van der Waals surface area contributed by atoms with Crippen molar-refractivity contribution in [1.82, 2.24) is 9.88 Å². The van der Waals surface area contributed by atoms with Crippen molar-refractivity contribution in [2.75, 3.05) is 18.9 Å². The lowest BCUT2D eigenvalue weighted by Crippen LogP contribution is -2.42. The van der Waals surface area contributed by atoms with Gasteiger partial charge >= 0.3 is 0 Å². The fourth-order valence-corrected chi connectivity index (χ4v) is 2.50. The van der Waals surface area contributed by atoms with Crippen molar-refractivity contribution >= 4 is 21.6 Å². The van der Waals surface area contributed by atoms with Crippen LogP contribution in [-0.4, -0.2) is 35.6 Å². The summed E-state index contributed by atoms with van der Waals surface area (Å²) < 4.78 is 1.04. The van der Waals surface area contributed by atoms with E-state index in [1.54, 1.807) is 0 Å². The zero-order valence-electron chi connectivity index (χ0n) is 9.78. The first-order valence-electron chi connectivity index (χ1n) is 5.73. The molecule has 1 aliphatic heterocycles. The van der Waals surface area contributed by atoms with Crippen molar-refractivity contribution in [3.63, 3.8) is 0 Å². The van der Waals surface area contributed by atoms with Gasteiger partial charge in [-0.05, 0) is 48.8 Å². The molecule has 1 aliphatic rings. The lowest BCUT2D eigenvalue weighted by Gasteiger charge is -2.35. The average Bonchev–Trinajstić information content (AvgIpc) is 2.27. The van der Waals surface area contributed by atoms with E-state index in [2.05, 4.69) is 45.1 Å². The van der Waals surface area contributed by atoms with Crippen LogP contribution in [0.15, 0.2) is 22.9 Å². The van der Waals surface area contributed by atoms with E-state index >= 15 is 0 Å². The predicted molar refractivity (Wildman–Crippen MR) is 70.7 cm³/mol. The minimum Gasteiger partial charge on any atom is -0.381 e. The third-order valence-corrected chi connectivity index (χ3v) is 3.97. The smallest absolute Gasteiger partial charge is 0.0590 e. The summed E-state index contributed by atoms with van der Waals surface area (Å²) in [5.41, 5.74) is 1.15. The first kappa shape index (κ1) is 11.9. The third-order valence-electron chi connectivity index (χ3n) is 3.34. The van der Waals surface area contributed by atoms with Gasteiger partial charge in [0.25, 0.3) is 0 Å². The molecule has 1 N–H and O–H groups in total. The molecule has 0 radical (unpaired) electrons. The highest BCUT2D eigenvalue weighted by Crippen LogP contribution is 2.24. The Labute approximate surface area is 105 Å². The Morgan fingerprint density at radius 3 is 3.06 bits per heavy atom. The highest BCUT2D eigenvalue weighted by molar-refractivity contribution is 9.10. The molecular weight excluding hydrogens is 266 g/mol. The lowest BCUT2D eigenvalue weighted by molar-refractivity contribution is 0.190. The molecule has 1 fully saturated rings. The molecule has 0 saturated carbocycles. The van der Waals surface area contributed by atoms with Gasteiger partial charge in [-0.3, -0.25) is 4.98 Å². The number of hydrogen-bond donors (Lipinski definition) is 1. The Morgan fingerprint density at radius 1 is 1.56 bits per heavy atom. The number of aromatic nitrogens is 1. The average molecular weight is 284 g/mol. The van der Waals surface area contributed by atoms with Crippen molar-refractivity contribution in [1.29, 1.82) is 0 Å². The molecule has 1 aromatic rings. The van der Waals surface area contributed by atoms with Gasteiger partial charge in [0.1, 0.15) is 0 Å². The van der Waals surface area contributed by atoms with Crippen LogP contribution in [0.2, 0.25) is 0 Å². The molecule has 1 aromatic heterocycles. The first-order chi connectivity index (χ1) is 7.66. The van der Waals surface area contributed by atoms with Gasteiger partial charge in [0.05, 0.1) is 10.2 Å². The molecule has 2 heterocycles. The number of halogens is 1. The van der Waals surface area contributed by atoms with E-state index < -0.39 is 0 Å². The number of hydrogen-bond acceptors (Lipinski definition) is 3. The zero-order valence-corrected chi connectivity index (χ0v) is 11.4. The van der Waals surface area contributed by atoms with Crippen LogP contribution in [0.3, 0.4) is 0 Å². The zero-order chi connectivity index (χ0) is 11.5. The summed E-state index contributed by atoms with van der Waals surface area (Å²) in [6.07, 6.45) is 6.06. The van der Waals surface area contributed by atoms with Crippen LogP contribution < -0.4 is 5.32 Å². The molecular formula is C12H18BrN3. The summed E-state index contributed by atoms with van der Waals surface area (Å²) in [7, 11) is 2.20. The van der Waals surface area contributed by atoms with Gasteiger partial charge in [-0.15, -0.1) is 0 Å². The molecule has 0 aliphatic carbocycles. The predicted octanol–water partition coefficient (Wildman–Crippen LogP) is 2.74. The topological polar surface area (TPSA) is 28.2 Å². The second-order valence-corrected chi connectivity index (χ2v) is 5.41. The SMILES string of the molecule is CC1CC(Nc2ccncc2Br)CCN1C. The molecule has 2 rings (SSSR count). The normalized spacial score (nSPS) is 26.7. The van der Waals surface area contributed by atoms with Crippen molar-refractivity contribution in [3.8, 4) is 0 Å². The molecule has 16 heavy (non-hydrogen) atoms. The third kappa shape index (κ3) is 2.74.